The second-order valence-corrected chi connectivity index (χ2v) is 7.31. The van der Waals surface area contributed by atoms with Gasteiger partial charge in [0, 0.05) is 14.2 Å². The van der Waals surface area contributed by atoms with Crippen LogP contribution < -0.4 is 0 Å². The minimum atomic E-state index is -0.392. The molecule has 0 heterocycles. The summed E-state index contributed by atoms with van der Waals surface area (Å²) >= 11 is 0. The lowest BCUT2D eigenvalue weighted by atomic mass is 9.77. The van der Waals surface area contributed by atoms with Crippen LogP contribution in [0.25, 0.3) is 6.08 Å². The molecule has 0 aromatic heterocycles. The summed E-state index contributed by atoms with van der Waals surface area (Å²) in [6.07, 6.45) is 7.82. The highest BCUT2D eigenvalue weighted by molar-refractivity contribution is 5.61. The van der Waals surface area contributed by atoms with E-state index in [9.17, 15) is 5.11 Å². The highest BCUT2D eigenvalue weighted by atomic mass is 16.5. The van der Waals surface area contributed by atoms with Crippen LogP contribution in [0.2, 0.25) is 0 Å². The Morgan fingerprint density at radius 1 is 1.19 bits per heavy atom. The van der Waals surface area contributed by atoms with Gasteiger partial charge in [-0.05, 0) is 68.3 Å². The number of aliphatic hydroxyl groups is 1. The van der Waals surface area contributed by atoms with E-state index in [0.717, 1.165) is 38.5 Å². The van der Waals surface area contributed by atoms with Gasteiger partial charge >= 0.3 is 0 Å². The fourth-order valence-electron chi connectivity index (χ4n) is 4.19. The Morgan fingerprint density at radius 2 is 1.77 bits per heavy atom. The molecule has 4 heteroatoms. The van der Waals surface area contributed by atoms with Crippen molar-refractivity contribution in [1.29, 1.82) is 0 Å². The molecule has 0 unspecified atom stereocenters. The average Bonchev–Trinajstić information content (AvgIpc) is 2.68. The van der Waals surface area contributed by atoms with E-state index in [2.05, 4.69) is 36.9 Å². The summed E-state index contributed by atoms with van der Waals surface area (Å²) in [6, 6.07) is 6.43. The Hall–Kier alpha value is -1.36. The van der Waals surface area contributed by atoms with Gasteiger partial charge in [0.25, 0.3) is 0 Å². The molecule has 1 aromatic carbocycles. The van der Waals surface area contributed by atoms with Crippen LogP contribution in [-0.4, -0.2) is 49.6 Å². The van der Waals surface area contributed by atoms with E-state index in [1.807, 2.05) is 13.1 Å². The zero-order valence-corrected chi connectivity index (χ0v) is 17.0. The Morgan fingerprint density at radius 3 is 2.23 bits per heavy atom. The van der Waals surface area contributed by atoms with Crippen molar-refractivity contribution in [2.75, 3.05) is 28.0 Å². The number of likely N-dealkylation sites (N-methyl/N-ethyl adjacent to an activating group) is 1. The Labute approximate surface area is 158 Å². The average molecular weight is 362 g/mol. The molecule has 26 heavy (non-hydrogen) atoms. The van der Waals surface area contributed by atoms with Crippen LogP contribution in [0.15, 0.2) is 24.0 Å². The van der Waals surface area contributed by atoms with Crippen molar-refractivity contribution in [3.63, 3.8) is 0 Å². The van der Waals surface area contributed by atoms with Gasteiger partial charge in [-0.25, -0.2) is 0 Å². The van der Waals surface area contributed by atoms with Crippen LogP contribution in [0.5, 0.6) is 0 Å². The van der Waals surface area contributed by atoms with Crippen molar-refractivity contribution in [1.82, 2.24) is 4.90 Å². The number of rotatable bonds is 8. The van der Waals surface area contributed by atoms with E-state index in [1.165, 1.54) is 16.7 Å². The summed E-state index contributed by atoms with van der Waals surface area (Å²) in [5.74, 6) is 0.446. The van der Waals surface area contributed by atoms with Gasteiger partial charge in [-0.1, -0.05) is 32.0 Å². The van der Waals surface area contributed by atoms with E-state index in [4.69, 9.17) is 9.47 Å². The second-order valence-electron chi connectivity index (χ2n) is 7.31. The molecule has 0 saturated heterocycles. The third-order valence-electron chi connectivity index (χ3n) is 5.95. The first-order valence-electron chi connectivity index (χ1n) is 9.77. The summed E-state index contributed by atoms with van der Waals surface area (Å²) in [4.78, 5) is 2.14. The monoisotopic (exact) mass is 361 g/mol. The number of methoxy groups -OCH3 is 2. The van der Waals surface area contributed by atoms with Gasteiger partial charge in [0.2, 0.25) is 0 Å². The third kappa shape index (κ3) is 4.30. The predicted octanol–water partition coefficient (Wildman–Crippen LogP) is 4.57. The van der Waals surface area contributed by atoms with Crippen LogP contribution >= 0.6 is 0 Å². The zero-order valence-electron chi connectivity index (χ0n) is 17.0. The lowest BCUT2D eigenvalue weighted by Gasteiger charge is -2.45. The summed E-state index contributed by atoms with van der Waals surface area (Å²) in [7, 11) is 5.51. The van der Waals surface area contributed by atoms with Gasteiger partial charge in [0.1, 0.15) is 5.76 Å². The molecule has 1 N–H and O–H groups in total. The van der Waals surface area contributed by atoms with Gasteiger partial charge in [0.15, 0.2) is 0 Å². The van der Waals surface area contributed by atoms with Crippen molar-refractivity contribution < 1.29 is 14.6 Å². The van der Waals surface area contributed by atoms with E-state index < -0.39 is 5.54 Å². The van der Waals surface area contributed by atoms with Gasteiger partial charge in [0.05, 0.1) is 18.4 Å². The highest BCUT2D eigenvalue weighted by Gasteiger charge is 2.42. The van der Waals surface area contributed by atoms with Crippen LogP contribution in [0.3, 0.4) is 0 Å². The molecule has 1 saturated carbocycles. The molecule has 0 spiro atoms. The maximum Gasteiger partial charge on any atom is 0.113 e. The topological polar surface area (TPSA) is 41.9 Å². The first kappa shape index (κ1) is 20.9. The van der Waals surface area contributed by atoms with Crippen LogP contribution in [0.1, 0.15) is 56.2 Å². The summed E-state index contributed by atoms with van der Waals surface area (Å²) in [5, 5.41) is 11.3. The number of hydrogen-bond acceptors (Lipinski definition) is 4. The van der Waals surface area contributed by atoms with Crippen LogP contribution in [-0.2, 0) is 22.3 Å². The number of nitrogens with zero attached hydrogens (tertiary/aromatic N) is 1. The molecule has 0 aliphatic heterocycles. The number of hydrogen-bond donors (Lipinski definition) is 1. The van der Waals surface area contributed by atoms with Gasteiger partial charge in [-0.2, -0.15) is 0 Å². The molecule has 0 amide bonds. The Balaban J connectivity index is 2.44. The number of aliphatic hydroxyl groups excluding tert-OH is 1. The number of ether oxygens (including phenoxy) is 2. The first-order valence-corrected chi connectivity index (χ1v) is 9.77. The molecule has 146 valence electrons. The normalized spacial score (nSPS) is 24.2. The van der Waals surface area contributed by atoms with E-state index >= 15 is 0 Å². The Kier molecular flexibility index (Phi) is 7.69. The SMILES string of the molecule is CCc1cccc(CC)c1/C=C(\O)C1(N(C)COC)CCC(OC)CC1. The first-order chi connectivity index (χ1) is 12.5. The van der Waals surface area contributed by atoms with Crippen molar-refractivity contribution in [2.45, 2.75) is 64.0 Å². The standard InChI is InChI=1S/C22H35NO3/c1-6-17-9-8-10-18(7-2)20(17)15-21(24)22(23(3)16-25-4)13-11-19(26-5)12-14-22/h8-10,15,19,24H,6-7,11-14,16H2,1-5H3/b21-15-. The molecule has 1 fully saturated rings. The molecule has 0 radical (unpaired) electrons. The molecule has 0 bridgehead atoms. The van der Waals surface area contributed by atoms with Crippen LogP contribution in [0.4, 0.5) is 0 Å². The fraction of sp³-hybridized carbons (Fsp3) is 0.636. The number of aryl methyl sites for hydroxylation is 2. The molecule has 1 aliphatic carbocycles. The molecule has 0 atom stereocenters. The maximum atomic E-state index is 11.3. The Bertz CT molecular complexity index is 581. The summed E-state index contributed by atoms with van der Waals surface area (Å²) in [6.45, 7) is 4.82. The lowest BCUT2D eigenvalue weighted by Crippen LogP contribution is -2.52. The molecule has 1 aromatic rings. The summed E-state index contributed by atoms with van der Waals surface area (Å²) < 4.78 is 10.9. The smallest absolute Gasteiger partial charge is 0.113 e. The second kappa shape index (κ2) is 9.54. The van der Waals surface area contributed by atoms with Gasteiger partial charge < -0.3 is 14.6 Å². The van der Waals surface area contributed by atoms with Gasteiger partial charge in [-0.15, -0.1) is 0 Å². The quantitative estimate of drug-likeness (QED) is 0.544. The van der Waals surface area contributed by atoms with Crippen LogP contribution in [0, 0.1) is 0 Å². The fourth-order valence-corrected chi connectivity index (χ4v) is 4.19. The van der Waals surface area contributed by atoms with Crippen molar-refractivity contribution in [3.8, 4) is 0 Å². The van der Waals surface area contributed by atoms with E-state index in [1.54, 1.807) is 14.2 Å². The van der Waals surface area contributed by atoms with Gasteiger partial charge in [-0.3, -0.25) is 4.90 Å². The highest BCUT2D eigenvalue weighted by Crippen LogP contribution is 2.40. The summed E-state index contributed by atoms with van der Waals surface area (Å²) in [5.41, 5.74) is 3.35. The van der Waals surface area contributed by atoms with E-state index in [0.29, 0.717) is 12.5 Å². The molecular weight excluding hydrogens is 326 g/mol. The largest absolute Gasteiger partial charge is 0.510 e. The van der Waals surface area contributed by atoms with Crippen molar-refractivity contribution in [3.05, 3.63) is 40.6 Å². The third-order valence-corrected chi connectivity index (χ3v) is 5.95. The predicted molar refractivity (Wildman–Crippen MR) is 107 cm³/mol. The molecule has 2 rings (SSSR count). The van der Waals surface area contributed by atoms with Crippen molar-refractivity contribution >= 4 is 6.08 Å². The molecular formula is C22H35NO3. The van der Waals surface area contributed by atoms with E-state index in [-0.39, 0.29) is 6.10 Å². The minimum absolute atomic E-state index is 0.279. The molecule has 1 aliphatic rings. The zero-order chi connectivity index (χ0) is 19.2. The maximum absolute atomic E-state index is 11.3. The number of benzene rings is 1. The lowest BCUT2D eigenvalue weighted by molar-refractivity contribution is -0.0425. The van der Waals surface area contributed by atoms with Crippen molar-refractivity contribution in [2.24, 2.45) is 0 Å². The minimum Gasteiger partial charge on any atom is -0.510 e. The molecule has 4 nitrogen and oxygen atoms in total.